The second kappa shape index (κ2) is 5.81. The molecule has 5 nitrogen and oxygen atoms in total. The fraction of sp³-hybridized carbons (Fsp3) is 0.364. The molecule has 1 aromatic carbocycles. The first-order valence-electron chi connectivity index (χ1n) is 5.14. The van der Waals surface area contributed by atoms with Crippen molar-refractivity contribution in [2.75, 3.05) is 7.11 Å². The van der Waals surface area contributed by atoms with E-state index in [1.807, 2.05) is 0 Å². The van der Waals surface area contributed by atoms with Crippen LogP contribution >= 0.6 is 15.9 Å². The number of ether oxygens (including phenoxy) is 1. The summed E-state index contributed by atoms with van der Waals surface area (Å²) in [5.41, 5.74) is 0.795. The molecule has 1 rings (SSSR count). The van der Waals surface area contributed by atoms with E-state index in [1.54, 1.807) is 13.0 Å². The summed E-state index contributed by atoms with van der Waals surface area (Å²) in [5.74, 6) is -0.632. The molecule has 0 unspecified atom stereocenters. The Labute approximate surface area is 115 Å². The van der Waals surface area contributed by atoms with Gasteiger partial charge in [0, 0.05) is 4.47 Å². The molecule has 7 heteroatoms. The molecule has 0 radical (unpaired) electrons. The summed E-state index contributed by atoms with van der Waals surface area (Å²) in [6, 6.07) is 3.70. The van der Waals surface area contributed by atoms with E-state index in [0.717, 1.165) is 10.0 Å². The number of rotatable bonds is 4. The lowest BCUT2D eigenvalue weighted by molar-refractivity contribution is -0.142. The molecule has 0 saturated heterocycles. The van der Waals surface area contributed by atoms with Crippen molar-refractivity contribution in [1.29, 1.82) is 0 Å². The van der Waals surface area contributed by atoms with Crippen molar-refractivity contribution in [3.05, 3.63) is 28.2 Å². The predicted molar refractivity (Wildman–Crippen MR) is 70.7 cm³/mol. The summed E-state index contributed by atoms with van der Waals surface area (Å²) in [7, 11) is -2.52. The number of nitrogens with one attached hydrogen (secondary N) is 1. The van der Waals surface area contributed by atoms with Gasteiger partial charge in [-0.1, -0.05) is 15.9 Å². The van der Waals surface area contributed by atoms with Gasteiger partial charge >= 0.3 is 5.97 Å². The zero-order chi connectivity index (χ0) is 13.9. The van der Waals surface area contributed by atoms with Crippen molar-refractivity contribution in [3.63, 3.8) is 0 Å². The number of carbonyl (C=O) groups is 1. The smallest absolute Gasteiger partial charge is 0.323 e. The number of aryl methyl sites for hydroxylation is 1. The monoisotopic (exact) mass is 335 g/mol. The lowest BCUT2D eigenvalue weighted by atomic mass is 10.2. The standard InChI is InChI=1S/C11H14BrNO4S/c1-7-6-9(4-5-10(7)12)18(15,16)13-8(2)11(14)17-3/h4-6,8,13H,1-3H3/t8-/m0/s1. The number of benzene rings is 1. The molecular formula is C11H14BrNO4S. The summed E-state index contributed by atoms with van der Waals surface area (Å²) in [6.45, 7) is 3.21. The van der Waals surface area contributed by atoms with Crippen LogP contribution in [0.5, 0.6) is 0 Å². The SMILES string of the molecule is COC(=O)[C@H](C)NS(=O)(=O)c1ccc(Br)c(C)c1. The van der Waals surface area contributed by atoms with Crippen LogP contribution < -0.4 is 4.72 Å². The minimum atomic E-state index is -3.73. The van der Waals surface area contributed by atoms with Crippen molar-refractivity contribution >= 4 is 31.9 Å². The lowest BCUT2D eigenvalue weighted by Crippen LogP contribution is -2.39. The third kappa shape index (κ3) is 3.54. The molecule has 1 atom stereocenters. The van der Waals surface area contributed by atoms with Crippen LogP contribution in [0.15, 0.2) is 27.6 Å². The van der Waals surface area contributed by atoms with E-state index < -0.39 is 22.0 Å². The molecule has 1 aromatic rings. The van der Waals surface area contributed by atoms with Crippen LogP contribution in [0.2, 0.25) is 0 Å². The summed E-state index contributed by atoms with van der Waals surface area (Å²) >= 11 is 3.29. The Hall–Kier alpha value is -0.920. The van der Waals surface area contributed by atoms with Crippen LogP contribution in [0.1, 0.15) is 12.5 Å². The van der Waals surface area contributed by atoms with Crippen molar-refractivity contribution in [2.45, 2.75) is 24.8 Å². The van der Waals surface area contributed by atoms with Crippen LogP contribution in [0.3, 0.4) is 0 Å². The Balaban J connectivity index is 3.00. The van der Waals surface area contributed by atoms with Gasteiger partial charge in [0.15, 0.2) is 0 Å². The molecule has 0 aliphatic heterocycles. The molecular weight excluding hydrogens is 322 g/mol. The second-order valence-electron chi connectivity index (χ2n) is 3.78. The van der Waals surface area contributed by atoms with Crippen LogP contribution in [-0.4, -0.2) is 27.5 Å². The minimum Gasteiger partial charge on any atom is -0.468 e. The van der Waals surface area contributed by atoms with E-state index in [9.17, 15) is 13.2 Å². The van der Waals surface area contributed by atoms with Gasteiger partial charge in [0.25, 0.3) is 0 Å². The maximum absolute atomic E-state index is 12.0. The number of hydrogen-bond acceptors (Lipinski definition) is 4. The van der Waals surface area contributed by atoms with Gasteiger partial charge in [-0.25, -0.2) is 8.42 Å². The van der Waals surface area contributed by atoms with Crippen molar-refractivity contribution in [1.82, 2.24) is 4.72 Å². The highest BCUT2D eigenvalue weighted by atomic mass is 79.9. The molecule has 0 aliphatic rings. The minimum absolute atomic E-state index is 0.110. The predicted octanol–water partition coefficient (Wildman–Crippen LogP) is 1.60. The molecule has 0 saturated carbocycles. The van der Waals surface area contributed by atoms with E-state index in [4.69, 9.17) is 0 Å². The van der Waals surface area contributed by atoms with E-state index >= 15 is 0 Å². The molecule has 0 spiro atoms. The van der Waals surface area contributed by atoms with Gasteiger partial charge < -0.3 is 4.74 Å². The fourth-order valence-corrected chi connectivity index (χ4v) is 2.83. The third-order valence-corrected chi connectivity index (χ3v) is 4.75. The van der Waals surface area contributed by atoms with Gasteiger partial charge in [0.05, 0.1) is 12.0 Å². The number of carbonyl (C=O) groups excluding carboxylic acids is 1. The molecule has 0 amide bonds. The van der Waals surface area contributed by atoms with Gasteiger partial charge in [0.2, 0.25) is 10.0 Å². The van der Waals surface area contributed by atoms with Crippen molar-refractivity contribution in [3.8, 4) is 0 Å². The lowest BCUT2D eigenvalue weighted by Gasteiger charge is -2.12. The van der Waals surface area contributed by atoms with Gasteiger partial charge in [-0.15, -0.1) is 0 Å². The Morgan fingerprint density at radius 1 is 1.44 bits per heavy atom. The molecule has 0 aliphatic carbocycles. The zero-order valence-electron chi connectivity index (χ0n) is 10.2. The fourth-order valence-electron chi connectivity index (χ4n) is 1.31. The van der Waals surface area contributed by atoms with Crippen molar-refractivity contribution < 1.29 is 17.9 Å². The van der Waals surface area contributed by atoms with Gasteiger partial charge in [-0.3, -0.25) is 4.79 Å². The summed E-state index contributed by atoms with van der Waals surface area (Å²) in [5, 5.41) is 0. The average Bonchev–Trinajstić information content (AvgIpc) is 2.30. The van der Waals surface area contributed by atoms with E-state index in [2.05, 4.69) is 25.4 Å². The first-order valence-corrected chi connectivity index (χ1v) is 7.42. The maximum atomic E-state index is 12.0. The highest BCUT2D eigenvalue weighted by Crippen LogP contribution is 2.20. The van der Waals surface area contributed by atoms with Gasteiger partial charge in [0.1, 0.15) is 6.04 Å². The topological polar surface area (TPSA) is 72.5 Å². The third-order valence-electron chi connectivity index (χ3n) is 2.33. The van der Waals surface area contributed by atoms with Gasteiger partial charge in [-0.2, -0.15) is 4.72 Å². The second-order valence-corrected chi connectivity index (χ2v) is 6.35. The molecule has 0 bridgehead atoms. The van der Waals surface area contributed by atoms with Crippen LogP contribution in [0.25, 0.3) is 0 Å². The molecule has 100 valence electrons. The molecule has 0 fully saturated rings. The Kier molecular flexibility index (Phi) is 4.89. The quantitative estimate of drug-likeness (QED) is 0.848. The largest absolute Gasteiger partial charge is 0.468 e. The van der Waals surface area contributed by atoms with E-state index in [1.165, 1.54) is 26.2 Å². The maximum Gasteiger partial charge on any atom is 0.323 e. The van der Waals surface area contributed by atoms with E-state index in [-0.39, 0.29) is 4.90 Å². The van der Waals surface area contributed by atoms with E-state index in [0.29, 0.717) is 0 Å². The number of esters is 1. The Bertz CT molecular complexity index is 556. The van der Waals surface area contributed by atoms with Crippen LogP contribution in [0, 0.1) is 6.92 Å². The average molecular weight is 336 g/mol. The van der Waals surface area contributed by atoms with Gasteiger partial charge in [-0.05, 0) is 37.6 Å². The first kappa shape index (κ1) is 15.1. The Morgan fingerprint density at radius 3 is 2.56 bits per heavy atom. The van der Waals surface area contributed by atoms with Crippen LogP contribution in [0.4, 0.5) is 0 Å². The zero-order valence-corrected chi connectivity index (χ0v) is 12.6. The van der Waals surface area contributed by atoms with Crippen molar-refractivity contribution in [2.24, 2.45) is 0 Å². The number of hydrogen-bond donors (Lipinski definition) is 1. The molecule has 0 heterocycles. The summed E-state index contributed by atoms with van der Waals surface area (Å²) in [6.07, 6.45) is 0. The highest BCUT2D eigenvalue weighted by Gasteiger charge is 2.22. The first-order chi connectivity index (χ1) is 8.27. The normalized spacial score (nSPS) is 13.1. The number of methoxy groups -OCH3 is 1. The molecule has 1 N–H and O–H groups in total. The molecule has 0 aromatic heterocycles. The summed E-state index contributed by atoms with van der Waals surface area (Å²) in [4.78, 5) is 11.3. The molecule has 18 heavy (non-hydrogen) atoms. The summed E-state index contributed by atoms with van der Waals surface area (Å²) < 4.78 is 31.5. The highest BCUT2D eigenvalue weighted by molar-refractivity contribution is 9.10. The number of sulfonamides is 1. The Morgan fingerprint density at radius 2 is 2.06 bits per heavy atom. The van der Waals surface area contributed by atoms with Crippen LogP contribution in [-0.2, 0) is 19.6 Å². The number of halogens is 1.